The van der Waals surface area contributed by atoms with E-state index in [1.807, 2.05) is 38.1 Å². The quantitative estimate of drug-likeness (QED) is 0.164. The van der Waals surface area contributed by atoms with Crippen LogP contribution < -0.4 is 14.8 Å². The summed E-state index contributed by atoms with van der Waals surface area (Å²) >= 11 is 0. The van der Waals surface area contributed by atoms with Gasteiger partial charge in [0.15, 0.2) is 11.6 Å². The van der Waals surface area contributed by atoms with E-state index in [4.69, 9.17) is 14.2 Å². The molecule has 3 aromatic carbocycles. The number of ether oxygens (including phenoxy) is 3. The van der Waals surface area contributed by atoms with Gasteiger partial charge >= 0.3 is 5.97 Å². The van der Waals surface area contributed by atoms with E-state index in [2.05, 4.69) is 29.2 Å². The Hall–Kier alpha value is -4.51. The normalized spacial score (nSPS) is 12.2. The van der Waals surface area contributed by atoms with Crippen molar-refractivity contribution in [3.05, 3.63) is 83.6 Å². The number of carbonyl (C=O) groups excluding carboxylic acids is 2. The maximum atomic E-state index is 14.6. The summed E-state index contributed by atoms with van der Waals surface area (Å²) in [6.07, 6.45) is 1.90. The maximum Gasteiger partial charge on any atom is 0.328 e. The number of halogens is 2. The summed E-state index contributed by atoms with van der Waals surface area (Å²) in [6.45, 7) is 9.92. The number of amides is 1. The van der Waals surface area contributed by atoms with Gasteiger partial charge in [-0.15, -0.1) is 0 Å². The number of hydrogen-bond donors (Lipinski definition) is 1. The van der Waals surface area contributed by atoms with Crippen LogP contribution in [-0.2, 0) is 22.6 Å². The monoisotopic (exact) mass is 622 g/mol. The van der Waals surface area contributed by atoms with Crippen molar-refractivity contribution in [3.8, 4) is 17.2 Å². The van der Waals surface area contributed by atoms with E-state index in [0.717, 1.165) is 23.4 Å². The second-order valence-electron chi connectivity index (χ2n) is 11.6. The highest BCUT2D eigenvalue weighted by molar-refractivity contribution is 6.02. The van der Waals surface area contributed by atoms with Crippen molar-refractivity contribution in [1.29, 1.82) is 0 Å². The molecule has 1 N–H and O–H groups in total. The Balaban J connectivity index is 1.61. The summed E-state index contributed by atoms with van der Waals surface area (Å²) in [5.41, 5.74) is 1.80. The number of carbonyl (C=O) groups is 2. The fraction of sp³-hybridized carbons (Fsp3) is 0.382. The molecule has 0 aliphatic carbocycles. The predicted octanol–water partition coefficient (Wildman–Crippen LogP) is 6.34. The number of aromatic nitrogens is 2. The molecule has 0 radical (unpaired) electrons. The zero-order chi connectivity index (χ0) is 32.7. The summed E-state index contributed by atoms with van der Waals surface area (Å²) in [6, 6.07) is 13.0. The van der Waals surface area contributed by atoms with E-state index >= 15 is 0 Å². The Kier molecular flexibility index (Phi) is 11.1. The van der Waals surface area contributed by atoms with E-state index in [-0.39, 0.29) is 35.4 Å². The average Bonchev–Trinajstić information content (AvgIpc) is 3.39. The molecule has 1 amide bonds. The van der Waals surface area contributed by atoms with Crippen LogP contribution in [0.25, 0.3) is 10.9 Å². The molecule has 45 heavy (non-hydrogen) atoms. The number of nitrogens with one attached hydrogen (secondary N) is 1. The molecule has 4 rings (SSSR count). The van der Waals surface area contributed by atoms with Gasteiger partial charge in [-0.25, -0.2) is 13.6 Å². The highest BCUT2D eigenvalue weighted by Gasteiger charge is 2.26. The van der Waals surface area contributed by atoms with Gasteiger partial charge in [-0.2, -0.15) is 5.10 Å². The van der Waals surface area contributed by atoms with Crippen molar-refractivity contribution in [1.82, 2.24) is 20.0 Å². The summed E-state index contributed by atoms with van der Waals surface area (Å²) in [5, 5.41) is 7.92. The highest BCUT2D eigenvalue weighted by Crippen LogP contribution is 2.32. The van der Waals surface area contributed by atoms with Crippen LogP contribution in [0.1, 0.15) is 50.0 Å². The Morgan fingerprint density at radius 2 is 1.71 bits per heavy atom. The maximum absolute atomic E-state index is 14.6. The topological polar surface area (TPSA) is 94.9 Å². The average molecular weight is 623 g/mol. The number of rotatable bonds is 14. The second kappa shape index (κ2) is 15.0. The molecule has 0 aliphatic rings. The Bertz CT molecular complexity index is 1620. The molecule has 1 atom stereocenters. The molecule has 1 heterocycles. The van der Waals surface area contributed by atoms with E-state index < -0.39 is 29.6 Å². The SMILES string of the molecule is COC(=O)C(CCN(Cc1ccc(OC)cc1)C(C)C)NC(=O)c1cc2c(cnn2CC(C)C)cc1Oc1ccc(F)cc1F. The lowest BCUT2D eigenvalue weighted by atomic mass is 10.1. The molecule has 11 heteroatoms. The molecule has 240 valence electrons. The Morgan fingerprint density at radius 1 is 0.978 bits per heavy atom. The van der Waals surface area contributed by atoms with E-state index in [9.17, 15) is 18.4 Å². The molecular formula is C34H40F2N4O5. The van der Waals surface area contributed by atoms with Gasteiger partial charge in [0.05, 0.1) is 31.5 Å². The van der Waals surface area contributed by atoms with E-state index in [1.165, 1.54) is 7.11 Å². The van der Waals surface area contributed by atoms with Crippen molar-refractivity contribution in [2.45, 2.75) is 59.3 Å². The fourth-order valence-electron chi connectivity index (χ4n) is 4.94. The van der Waals surface area contributed by atoms with Gasteiger partial charge in [-0.1, -0.05) is 26.0 Å². The van der Waals surface area contributed by atoms with Gasteiger partial charge in [0.25, 0.3) is 5.91 Å². The first-order valence-corrected chi connectivity index (χ1v) is 14.9. The number of fused-ring (bicyclic) bond motifs is 1. The van der Waals surface area contributed by atoms with Crippen LogP contribution in [0.3, 0.4) is 0 Å². The van der Waals surface area contributed by atoms with Crippen molar-refractivity contribution >= 4 is 22.8 Å². The molecule has 0 bridgehead atoms. The smallest absolute Gasteiger partial charge is 0.328 e. The molecule has 9 nitrogen and oxygen atoms in total. The number of hydrogen-bond acceptors (Lipinski definition) is 7. The van der Waals surface area contributed by atoms with Crippen LogP contribution in [0.15, 0.2) is 60.8 Å². The lowest BCUT2D eigenvalue weighted by molar-refractivity contribution is -0.143. The lowest BCUT2D eigenvalue weighted by Gasteiger charge is -2.28. The van der Waals surface area contributed by atoms with Gasteiger partial charge in [0.2, 0.25) is 0 Å². The minimum atomic E-state index is -0.980. The molecule has 0 aliphatic heterocycles. The Labute approximate surface area is 262 Å². The first kappa shape index (κ1) is 33.4. The largest absolute Gasteiger partial charge is 0.497 e. The number of nitrogens with zero attached hydrogens (tertiary/aromatic N) is 3. The summed E-state index contributed by atoms with van der Waals surface area (Å²) < 4.78 is 46.0. The molecule has 0 fully saturated rings. The van der Waals surface area contributed by atoms with E-state index in [1.54, 1.807) is 30.1 Å². The third-order valence-electron chi connectivity index (χ3n) is 7.41. The zero-order valence-corrected chi connectivity index (χ0v) is 26.5. The first-order valence-electron chi connectivity index (χ1n) is 14.9. The zero-order valence-electron chi connectivity index (χ0n) is 26.5. The standard InChI is InChI=1S/C34H40F2N4O5/c1-21(2)19-40-30-17-27(32(15-24(30)18-37-40)45-31-12-9-25(35)16-28(31)36)33(41)38-29(34(42)44-6)13-14-39(22(3)4)20-23-7-10-26(43-5)11-8-23/h7-12,15-18,21-22,29H,13-14,19-20H2,1-6H3,(H,38,41). The summed E-state index contributed by atoms with van der Waals surface area (Å²) in [4.78, 5) is 28.9. The van der Waals surface area contributed by atoms with Crippen molar-refractivity contribution < 1.29 is 32.6 Å². The minimum absolute atomic E-state index is 0.0292. The predicted molar refractivity (Wildman–Crippen MR) is 167 cm³/mol. The number of methoxy groups -OCH3 is 2. The number of benzene rings is 3. The number of esters is 1. The van der Waals surface area contributed by atoms with Gasteiger partial charge in [0, 0.05) is 37.1 Å². The van der Waals surface area contributed by atoms with Crippen LogP contribution in [0.5, 0.6) is 17.2 Å². The molecule has 0 saturated carbocycles. The second-order valence-corrected chi connectivity index (χ2v) is 11.6. The highest BCUT2D eigenvalue weighted by atomic mass is 19.1. The molecule has 0 spiro atoms. The van der Waals surface area contributed by atoms with Crippen LogP contribution in [0, 0.1) is 17.6 Å². The molecule has 4 aromatic rings. The Morgan fingerprint density at radius 3 is 2.33 bits per heavy atom. The molecular weight excluding hydrogens is 582 g/mol. The van der Waals surface area contributed by atoms with Gasteiger partial charge in [-0.05, 0) is 68.1 Å². The van der Waals surface area contributed by atoms with Crippen LogP contribution in [0.4, 0.5) is 8.78 Å². The molecule has 1 aromatic heterocycles. The summed E-state index contributed by atoms with van der Waals surface area (Å²) in [5.74, 6) is -2.08. The van der Waals surface area contributed by atoms with Gasteiger partial charge in [-0.3, -0.25) is 14.4 Å². The lowest BCUT2D eigenvalue weighted by Crippen LogP contribution is -2.44. The summed E-state index contributed by atoms with van der Waals surface area (Å²) in [7, 11) is 2.88. The fourth-order valence-corrected chi connectivity index (χ4v) is 4.94. The van der Waals surface area contributed by atoms with Crippen molar-refractivity contribution in [3.63, 3.8) is 0 Å². The molecule has 1 unspecified atom stereocenters. The third kappa shape index (κ3) is 8.57. The van der Waals surface area contributed by atoms with Gasteiger partial charge < -0.3 is 19.5 Å². The minimum Gasteiger partial charge on any atom is -0.497 e. The van der Waals surface area contributed by atoms with Crippen molar-refractivity contribution in [2.24, 2.45) is 5.92 Å². The van der Waals surface area contributed by atoms with Crippen LogP contribution >= 0.6 is 0 Å². The van der Waals surface area contributed by atoms with Crippen LogP contribution in [-0.4, -0.2) is 59.4 Å². The molecule has 0 saturated heterocycles. The van der Waals surface area contributed by atoms with Crippen molar-refractivity contribution in [2.75, 3.05) is 20.8 Å². The van der Waals surface area contributed by atoms with Gasteiger partial charge in [0.1, 0.15) is 23.4 Å². The first-order chi connectivity index (χ1) is 21.5. The van der Waals surface area contributed by atoms with E-state index in [0.29, 0.717) is 36.6 Å². The third-order valence-corrected chi connectivity index (χ3v) is 7.41. The van der Waals surface area contributed by atoms with Crippen LogP contribution in [0.2, 0.25) is 0 Å².